The first-order valence-electron chi connectivity index (χ1n) is 2.49. The standard InChI is InChI=1S/C5H7N3O/c1-8-5(9)4(6)2-3-7-8/h2-3H,6H2,1H3. The zero-order valence-electron chi connectivity index (χ0n) is 5.03. The summed E-state index contributed by atoms with van der Waals surface area (Å²) in [6.45, 7) is 0. The predicted octanol–water partition coefficient (Wildman–Crippen LogP) is -0.637. The second-order valence-corrected chi connectivity index (χ2v) is 1.72. The summed E-state index contributed by atoms with van der Waals surface area (Å²) in [4.78, 5) is 10.7. The van der Waals surface area contributed by atoms with E-state index in [2.05, 4.69) is 5.10 Å². The Morgan fingerprint density at radius 2 is 2.44 bits per heavy atom. The highest BCUT2D eigenvalue weighted by Crippen LogP contribution is 1.84. The molecule has 0 aliphatic heterocycles. The molecule has 0 amide bonds. The molecule has 0 aromatic carbocycles. The van der Waals surface area contributed by atoms with Crippen LogP contribution in [0.3, 0.4) is 0 Å². The highest BCUT2D eigenvalue weighted by molar-refractivity contribution is 5.31. The lowest BCUT2D eigenvalue weighted by atomic mass is 10.5. The van der Waals surface area contributed by atoms with Gasteiger partial charge in [-0.2, -0.15) is 5.10 Å². The van der Waals surface area contributed by atoms with Crippen LogP contribution in [-0.4, -0.2) is 9.78 Å². The van der Waals surface area contributed by atoms with E-state index in [1.54, 1.807) is 7.05 Å². The van der Waals surface area contributed by atoms with Crippen molar-refractivity contribution in [2.24, 2.45) is 7.05 Å². The number of hydrogen-bond donors (Lipinski definition) is 1. The SMILES string of the molecule is Cn1nccc(N)c1=O. The van der Waals surface area contributed by atoms with E-state index in [0.717, 1.165) is 0 Å². The fraction of sp³-hybridized carbons (Fsp3) is 0.200. The van der Waals surface area contributed by atoms with Gasteiger partial charge in [0.1, 0.15) is 5.69 Å². The molecule has 0 aliphatic rings. The Bertz CT molecular complexity index is 242. The summed E-state index contributed by atoms with van der Waals surface area (Å²) in [6, 6.07) is 1.47. The van der Waals surface area contributed by atoms with Gasteiger partial charge in [-0.05, 0) is 6.07 Å². The van der Waals surface area contributed by atoms with Gasteiger partial charge in [0.05, 0.1) is 0 Å². The van der Waals surface area contributed by atoms with Crippen LogP contribution in [0.4, 0.5) is 5.69 Å². The van der Waals surface area contributed by atoms with Crippen molar-refractivity contribution in [3.8, 4) is 0 Å². The molecule has 0 spiro atoms. The Morgan fingerprint density at radius 3 is 2.89 bits per heavy atom. The number of nitrogen functional groups attached to an aromatic ring is 1. The fourth-order valence-corrected chi connectivity index (χ4v) is 0.524. The molecule has 4 nitrogen and oxygen atoms in total. The number of nitrogens with zero attached hydrogens (tertiary/aromatic N) is 2. The maximum Gasteiger partial charge on any atom is 0.289 e. The summed E-state index contributed by atoms with van der Waals surface area (Å²) in [5.74, 6) is 0. The third kappa shape index (κ3) is 0.910. The van der Waals surface area contributed by atoms with Gasteiger partial charge in [0.15, 0.2) is 0 Å². The number of aromatic nitrogens is 2. The van der Waals surface area contributed by atoms with Gasteiger partial charge in [0.2, 0.25) is 0 Å². The Kier molecular flexibility index (Phi) is 1.22. The van der Waals surface area contributed by atoms with Gasteiger partial charge in [-0.1, -0.05) is 0 Å². The molecule has 1 rings (SSSR count). The summed E-state index contributed by atoms with van der Waals surface area (Å²) in [5, 5.41) is 3.66. The maximum atomic E-state index is 10.7. The van der Waals surface area contributed by atoms with Crippen LogP contribution in [0.2, 0.25) is 0 Å². The van der Waals surface area contributed by atoms with Crippen LogP contribution < -0.4 is 11.3 Å². The number of rotatable bonds is 0. The largest absolute Gasteiger partial charge is 0.394 e. The molecule has 1 aromatic heterocycles. The summed E-state index contributed by atoms with van der Waals surface area (Å²) < 4.78 is 1.19. The highest BCUT2D eigenvalue weighted by atomic mass is 16.1. The summed E-state index contributed by atoms with van der Waals surface area (Å²) in [7, 11) is 1.55. The zero-order valence-corrected chi connectivity index (χ0v) is 5.03. The molecule has 0 saturated carbocycles. The average Bonchev–Trinajstić information content (AvgIpc) is 1.83. The van der Waals surface area contributed by atoms with E-state index in [1.807, 2.05) is 0 Å². The molecule has 0 saturated heterocycles. The first-order chi connectivity index (χ1) is 4.22. The molecule has 0 radical (unpaired) electrons. The number of hydrogen-bond acceptors (Lipinski definition) is 3. The van der Waals surface area contributed by atoms with Crippen molar-refractivity contribution in [1.82, 2.24) is 9.78 Å². The molecule has 0 aliphatic carbocycles. The molecule has 1 heterocycles. The summed E-state index contributed by atoms with van der Waals surface area (Å²) in [5.41, 5.74) is 5.22. The first-order valence-corrected chi connectivity index (χ1v) is 2.49. The Balaban J connectivity index is 3.43. The van der Waals surface area contributed by atoms with Crippen molar-refractivity contribution in [3.05, 3.63) is 22.6 Å². The number of aryl methyl sites for hydroxylation is 1. The van der Waals surface area contributed by atoms with Crippen LogP contribution in [0.15, 0.2) is 17.1 Å². The molecular formula is C5H7N3O. The lowest BCUT2D eigenvalue weighted by Crippen LogP contribution is -2.21. The van der Waals surface area contributed by atoms with Gasteiger partial charge in [-0.3, -0.25) is 4.79 Å². The van der Waals surface area contributed by atoms with Crippen LogP contribution in [0, 0.1) is 0 Å². The average molecular weight is 125 g/mol. The minimum absolute atomic E-state index is 0.229. The number of nitrogens with two attached hydrogens (primary N) is 1. The van der Waals surface area contributed by atoms with Gasteiger partial charge in [0, 0.05) is 13.2 Å². The predicted molar refractivity (Wildman–Crippen MR) is 33.9 cm³/mol. The molecule has 0 unspecified atom stereocenters. The van der Waals surface area contributed by atoms with Gasteiger partial charge >= 0.3 is 0 Å². The topological polar surface area (TPSA) is 60.9 Å². The van der Waals surface area contributed by atoms with E-state index in [9.17, 15) is 4.79 Å². The molecule has 9 heavy (non-hydrogen) atoms. The lowest BCUT2D eigenvalue weighted by molar-refractivity contribution is 0.710. The van der Waals surface area contributed by atoms with Crippen molar-refractivity contribution in [1.29, 1.82) is 0 Å². The maximum absolute atomic E-state index is 10.7. The van der Waals surface area contributed by atoms with Crippen molar-refractivity contribution in [2.75, 3.05) is 5.73 Å². The summed E-state index contributed by atoms with van der Waals surface area (Å²) in [6.07, 6.45) is 1.48. The second kappa shape index (κ2) is 1.89. The van der Waals surface area contributed by atoms with E-state index >= 15 is 0 Å². The van der Waals surface area contributed by atoms with Crippen LogP contribution in [0.25, 0.3) is 0 Å². The minimum Gasteiger partial charge on any atom is -0.394 e. The molecule has 48 valence electrons. The highest BCUT2D eigenvalue weighted by Gasteiger charge is 1.92. The van der Waals surface area contributed by atoms with Crippen molar-refractivity contribution in [2.45, 2.75) is 0 Å². The minimum atomic E-state index is -0.252. The number of anilines is 1. The van der Waals surface area contributed by atoms with E-state index < -0.39 is 0 Å². The molecule has 1 aromatic rings. The van der Waals surface area contributed by atoms with Gasteiger partial charge in [0.25, 0.3) is 5.56 Å². The van der Waals surface area contributed by atoms with Gasteiger partial charge in [-0.15, -0.1) is 0 Å². The van der Waals surface area contributed by atoms with Crippen LogP contribution in [-0.2, 0) is 7.05 Å². The quantitative estimate of drug-likeness (QED) is 0.501. The van der Waals surface area contributed by atoms with E-state index in [0.29, 0.717) is 0 Å². The first kappa shape index (κ1) is 5.81. The molecule has 2 N–H and O–H groups in total. The van der Waals surface area contributed by atoms with Gasteiger partial charge < -0.3 is 5.73 Å². The van der Waals surface area contributed by atoms with Crippen LogP contribution >= 0.6 is 0 Å². The Hall–Kier alpha value is -1.32. The zero-order chi connectivity index (χ0) is 6.85. The molecule has 0 bridgehead atoms. The monoisotopic (exact) mass is 125 g/mol. The van der Waals surface area contributed by atoms with E-state index in [4.69, 9.17) is 5.73 Å². The van der Waals surface area contributed by atoms with Crippen LogP contribution in [0.1, 0.15) is 0 Å². The Morgan fingerprint density at radius 1 is 1.78 bits per heavy atom. The Labute approximate surface area is 51.9 Å². The van der Waals surface area contributed by atoms with Gasteiger partial charge in [-0.25, -0.2) is 4.68 Å². The van der Waals surface area contributed by atoms with E-state index in [-0.39, 0.29) is 11.2 Å². The lowest BCUT2D eigenvalue weighted by Gasteiger charge is -1.93. The molecular weight excluding hydrogens is 118 g/mol. The third-order valence-corrected chi connectivity index (χ3v) is 1.03. The second-order valence-electron chi connectivity index (χ2n) is 1.72. The normalized spacial score (nSPS) is 9.44. The van der Waals surface area contributed by atoms with Crippen molar-refractivity contribution < 1.29 is 0 Å². The van der Waals surface area contributed by atoms with Crippen LogP contribution in [0.5, 0.6) is 0 Å². The molecule has 4 heteroatoms. The summed E-state index contributed by atoms with van der Waals surface area (Å²) >= 11 is 0. The molecule has 0 fully saturated rings. The molecule has 0 atom stereocenters. The van der Waals surface area contributed by atoms with Crippen molar-refractivity contribution >= 4 is 5.69 Å². The van der Waals surface area contributed by atoms with E-state index in [1.165, 1.54) is 16.9 Å². The van der Waals surface area contributed by atoms with Crippen molar-refractivity contribution in [3.63, 3.8) is 0 Å². The smallest absolute Gasteiger partial charge is 0.289 e. The fourth-order valence-electron chi connectivity index (χ4n) is 0.524. The third-order valence-electron chi connectivity index (χ3n) is 1.03.